The molecule has 26 heavy (non-hydrogen) atoms. The third kappa shape index (κ3) is 5.13. The van der Waals surface area contributed by atoms with Crippen LogP contribution in [0.2, 0.25) is 0 Å². The molecule has 0 radical (unpaired) electrons. The van der Waals surface area contributed by atoms with E-state index in [1.165, 1.54) is 0 Å². The second-order valence-electron chi connectivity index (χ2n) is 5.48. The number of anilines is 2. The summed E-state index contributed by atoms with van der Waals surface area (Å²) in [5.41, 5.74) is 1.57. The molecule has 0 aliphatic heterocycles. The number of hydrogen-bond acceptors (Lipinski definition) is 6. The molecule has 2 aromatic rings. The molecule has 138 valence electrons. The Bertz CT molecular complexity index is 799. The second kappa shape index (κ2) is 9.10. The standard InChI is InChI=1S/C18H21N3O4S/c1-4-6-14(22)20-13-9-7-12(8-10-13)16(23)21-18-19-11(3)15(26-18)17(24)25-5-2/h7-10H,4-6H2,1-3H3,(H,20,22)(H,19,21,23). The van der Waals surface area contributed by atoms with Crippen LogP contribution in [0, 0.1) is 6.92 Å². The number of carbonyl (C=O) groups is 3. The zero-order valence-corrected chi connectivity index (χ0v) is 15.7. The number of amides is 2. The maximum atomic E-state index is 12.3. The monoisotopic (exact) mass is 375 g/mol. The summed E-state index contributed by atoms with van der Waals surface area (Å²) in [5.74, 6) is -0.856. The third-order valence-electron chi connectivity index (χ3n) is 3.39. The van der Waals surface area contributed by atoms with E-state index in [0.717, 1.165) is 17.8 Å². The van der Waals surface area contributed by atoms with Crippen LogP contribution >= 0.6 is 11.3 Å². The van der Waals surface area contributed by atoms with Gasteiger partial charge in [0, 0.05) is 17.7 Å². The minimum Gasteiger partial charge on any atom is -0.462 e. The Kier molecular flexibility index (Phi) is 6.85. The van der Waals surface area contributed by atoms with Gasteiger partial charge >= 0.3 is 5.97 Å². The van der Waals surface area contributed by atoms with Gasteiger partial charge in [0.15, 0.2) is 5.13 Å². The highest BCUT2D eigenvalue weighted by Crippen LogP contribution is 2.24. The van der Waals surface area contributed by atoms with E-state index in [0.29, 0.717) is 33.4 Å². The summed E-state index contributed by atoms with van der Waals surface area (Å²) in [6, 6.07) is 6.56. The van der Waals surface area contributed by atoms with Gasteiger partial charge in [0.05, 0.1) is 12.3 Å². The largest absolute Gasteiger partial charge is 0.462 e. The van der Waals surface area contributed by atoms with Gasteiger partial charge in [-0.25, -0.2) is 9.78 Å². The van der Waals surface area contributed by atoms with Gasteiger partial charge < -0.3 is 10.1 Å². The normalized spacial score (nSPS) is 10.3. The molecule has 0 saturated carbocycles. The summed E-state index contributed by atoms with van der Waals surface area (Å²) < 4.78 is 4.96. The predicted octanol–water partition coefficient (Wildman–Crippen LogP) is 3.62. The lowest BCUT2D eigenvalue weighted by Crippen LogP contribution is -2.13. The van der Waals surface area contributed by atoms with Crippen molar-refractivity contribution in [2.45, 2.75) is 33.6 Å². The first-order valence-corrected chi connectivity index (χ1v) is 9.12. The number of thiazole rings is 1. The molecule has 0 atom stereocenters. The van der Waals surface area contributed by atoms with Gasteiger partial charge in [0.2, 0.25) is 5.91 Å². The fraction of sp³-hybridized carbons (Fsp3) is 0.333. The zero-order chi connectivity index (χ0) is 19.1. The molecule has 0 unspecified atom stereocenters. The molecule has 2 N–H and O–H groups in total. The van der Waals surface area contributed by atoms with Gasteiger partial charge in [-0.3, -0.25) is 14.9 Å². The summed E-state index contributed by atoms with van der Waals surface area (Å²) in [4.78, 5) is 40.3. The number of rotatable bonds is 7. The maximum Gasteiger partial charge on any atom is 0.350 e. The summed E-state index contributed by atoms with van der Waals surface area (Å²) in [7, 11) is 0. The van der Waals surface area contributed by atoms with E-state index in [-0.39, 0.29) is 18.4 Å². The van der Waals surface area contributed by atoms with E-state index in [2.05, 4.69) is 15.6 Å². The van der Waals surface area contributed by atoms with Crippen molar-refractivity contribution in [2.24, 2.45) is 0 Å². The number of carbonyl (C=O) groups excluding carboxylic acids is 3. The molecule has 1 aromatic heterocycles. The maximum absolute atomic E-state index is 12.3. The molecule has 0 fully saturated rings. The molecule has 1 aromatic carbocycles. The smallest absolute Gasteiger partial charge is 0.350 e. The van der Waals surface area contributed by atoms with Crippen LogP contribution in [0.4, 0.5) is 10.8 Å². The second-order valence-corrected chi connectivity index (χ2v) is 6.48. The van der Waals surface area contributed by atoms with Gasteiger partial charge in [0.25, 0.3) is 5.91 Å². The minimum atomic E-state index is -0.449. The Balaban J connectivity index is 2.02. The van der Waals surface area contributed by atoms with Crippen LogP contribution in [-0.4, -0.2) is 29.4 Å². The molecule has 0 bridgehead atoms. The van der Waals surface area contributed by atoms with Gasteiger partial charge in [-0.15, -0.1) is 0 Å². The highest BCUT2D eigenvalue weighted by Gasteiger charge is 2.18. The first-order chi connectivity index (χ1) is 12.4. The molecule has 0 aliphatic carbocycles. The van der Waals surface area contributed by atoms with E-state index in [9.17, 15) is 14.4 Å². The first kappa shape index (κ1) is 19.6. The fourth-order valence-electron chi connectivity index (χ4n) is 2.16. The van der Waals surface area contributed by atoms with Crippen molar-refractivity contribution < 1.29 is 19.1 Å². The molecule has 0 saturated heterocycles. The SMILES string of the molecule is CCCC(=O)Nc1ccc(C(=O)Nc2nc(C)c(C(=O)OCC)s2)cc1. The van der Waals surface area contributed by atoms with Crippen molar-refractivity contribution in [2.75, 3.05) is 17.2 Å². The molecule has 2 rings (SSSR count). The van der Waals surface area contributed by atoms with E-state index < -0.39 is 5.97 Å². The minimum absolute atomic E-state index is 0.0607. The lowest BCUT2D eigenvalue weighted by Gasteiger charge is -2.06. The van der Waals surface area contributed by atoms with Crippen molar-refractivity contribution >= 4 is 39.9 Å². The van der Waals surface area contributed by atoms with Crippen molar-refractivity contribution in [3.05, 3.63) is 40.4 Å². The number of aromatic nitrogens is 1. The van der Waals surface area contributed by atoms with Gasteiger partial charge in [-0.05, 0) is 44.5 Å². The summed E-state index contributed by atoms with van der Waals surface area (Å²) in [6.07, 6.45) is 1.22. The summed E-state index contributed by atoms with van der Waals surface area (Å²) >= 11 is 1.07. The quantitative estimate of drug-likeness (QED) is 0.721. The van der Waals surface area contributed by atoms with E-state index in [1.807, 2.05) is 6.92 Å². The van der Waals surface area contributed by atoms with Crippen LogP contribution < -0.4 is 10.6 Å². The Labute approximate surface area is 155 Å². The van der Waals surface area contributed by atoms with Gasteiger partial charge in [-0.1, -0.05) is 18.3 Å². The van der Waals surface area contributed by atoms with Crippen LogP contribution in [0.3, 0.4) is 0 Å². The lowest BCUT2D eigenvalue weighted by molar-refractivity contribution is -0.116. The van der Waals surface area contributed by atoms with E-state index in [4.69, 9.17) is 4.74 Å². The average molecular weight is 375 g/mol. The molecule has 0 spiro atoms. The number of hydrogen-bond donors (Lipinski definition) is 2. The first-order valence-electron chi connectivity index (χ1n) is 8.30. The van der Waals surface area contributed by atoms with Crippen LogP contribution in [0.5, 0.6) is 0 Å². The molecule has 1 heterocycles. The number of benzene rings is 1. The van der Waals surface area contributed by atoms with Crippen molar-refractivity contribution in [3.8, 4) is 0 Å². The van der Waals surface area contributed by atoms with Gasteiger partial charge in [0.1, 0.15) is 4.88 Å². The van der Waals surface area contributed by atoms with E-state index in [1.54, 1.807) is 38.1 Å². The third-order valence-corrected chi connectivity index (χ3v) is 4.44. The summed E-state index contributed by atoms with van der Waals surface area (Å²) in [5, 5.41) is 5.76. The van der Waals surface area contributed by atoms with Crippen LogP contribution in [0.25, 0.3) is 0 Å². The van der Waals surface area contributed by atoms with E-state index >= 15 is 0 Å². The van der Waals surface area contributed by atoms with Crippen molar-refractivity contribution in [3.63, 3.8) is 0 Å². The topological polar surface area (TPSA) is 97.4 Å². The van der Waals surface area contributed by atoms with Gasteiger partial charge in [-0.2, -0.15) is 0 Å². The predicted molar refractivity (Wildman–Crippen MR) is 101 cm³/mol. The van der Waals surface area contributed by atoms with Crippen LogP contribution in [-0.2, 0) is 9.53 Å². The molecule has 7 nitrogen and oxygen atoms in total. The summed E-state index contributed by atoms with van der Waals surface area (Å²) in [6.45, 7) is 5.62. The zero-order valence-electron chi connectivity index (χ0n) is 14.9. The van der Waals surface area contributed by atoms with Crippen molar-refractivity contribution in [1.29, 1.82) is 0 Å². The molecule has 2 amide bonds. The van der Waals surface area contributed by atoms with Crippen LogP contribution in [0.15, 0.2) is 24.3 Å². The Hall–Kier alpha value is -2.74. The number of aryl methyl sites for hydroxylation is 1. The average Bonchev–Trinajstić information content (AvgIpc) is 2.96. The van der Waals surface area contributed by atoms with Crippen molar-refractivity contribution in [1.82, 2.24) is 4.98 Å². The molecular formula is C18H21N3O4S. The molecule has 8 heteroatoms. The number of nitrogens with one attached hydrogen (secondary N) is 2. The molecule has 0 aliphatic rings. The lowest BCUT2D eigenvalue weighted by atomic mass is 10.2. The fourth-order valence-corrected chi connectivity index (χ4v) is 3.02. The van der Waals surface area contributed by atoms with Crippen LogP contribution in [0.1, 0.15) is 52.4 Å². The Morgan fingerprint density at radius 3 is 2.42 bits per heavy atom. The highest BCUT2D eigenvalue weighted by molar-refractivity contribution is 7.17. The Morgan fingerprint density at radius 2 is 1.81 bits per heavy atom. The number of nitrogens with zero attached hydrogens (tertiary/aromatic N) is 1. The molecular weight excluding hydrogens is 354 g/mol. The highest BCUT2D eigenvalue weighted by atomic mass is 32.1. The number of esters is 1. The number of ether oxygens (including phenoxy) is 1. The Morgan fingerprint density at radius 1 is 1.12 bits per heavy atom.